The fraction of sp³-hybridized carbons (Fsp3) is 0.455. The lowest BCUT2D eigenvalue weighted by Gasteiger charge is -2.03. The highest BCUT2D eigenvalue weighted by Gasteiger charge is 2.04. The van der Waals surface area contributed by atoms with Gasteiger partial charge in [0.05, 0.1) is 6.54 Å². The number of nitrogens with one attached hydrogen (secondary N) is 1. The predicted octanol–water partition coefficient (Wildman–Crippen LogP) is 2.38. The van der Waals surface area contributed by atoms with Gasteiger partial charge in [0.1, 0.15) is 5.82 Å². The fourth-order valence-corrected chi connectivity index (χ4v) is 2.46. The molecule has 0 atom stereocenters. The molecule has 0 amide bonds. The average molecular weight is 236 g/mol. The summed E-state index contributed by atoms with van der Waals surface area (Å²) < 4.78 is 2.17. The number of nitrogens with zero attached hydrogens (tertiary/aromatic N) is 3. The van der Waals surface area contributed by atoms with Crippen LogP contribution < -0.4 is 5.32 Å². The van der Waals surface area contributed by atoms with Crippen LogP contribution in [0.3, 0.4) is 0 Å². The summed E-state index contributed by atoms with van der Waals surface area (Å²) in [5, 5.41) is 4.21. The van der Waals surface area contributed by atoms with E-state index in [1.54, 1.807) is 11.3 Å². The number of rotatable bonds is 5. The molecule has 2 rings (SSSR count). The van der Waals surface area contributed by atoms with E-state index in [-0.39, 0.29) is 0 Å². The summed E-state index contributed by atoms with van der Waals surface area (Å²) in [7, 11) is 0. The number of aromatic nitrogens is 3. The van der Waals surface area contributed by atoms with Crippen molar-refractivity contribution >= 4 is 16.5 Å². The molecule has 5 heteroatoms. The maximum atomic E-state index is 4.32. The van der Waals surface area contributed by atoms with E-state index in [0.29, 0.717) is 0 Å². The van der Waals surface area contributed by atoms with E-state index >= 15 is 0 Å². The zero-order valence-electron chi connectivity index (χ0n) is 9.60. The van der Waals surface area contributed by atoms with Gasteiger partial charge in [-0.2, -0.15) is 0 Å². The van der Waals surface area contributed by atoms with E-state index < -0.39 is 0 Å². The van der Waals surface area contributed by atoms with Gasteiger partial charge in [-0.3, -0.25) is 0 Å². The van der Waals surface area contributed by atoms with Gasteiger partial charge in [0, 0.05) is 36.4 Å². The van der Waals surface area contributed by atoms with Gasteiger partial charge in [-0.15, -0.1) is 11.3 Å². The van der Waals surface area contributed by atoms with Crippen LogP contribution >= 0.6 is 11.3 Å². The minimum atomic E-state index is 0.867. The van der Waals surface area contributed by atoms with Crippen LogP contribution in [0.1, 0.15) is 24.5 Å². The lowest BCUT2D eigenvalue weighted by Crippen LogP contribution is -2.01. The van der Waals surface area contributed by atoms with Gasteiger partial charge in [0.15, 0.2) is 5.13 Å². The Bertz CT molecular complexity index is 446. The molecule has 0 bridgehead atoms. The molecule has 86 valence electrons. The smallest absolute Gasteiger partial charge is 0.182 e. The zero-order valence-corrected chi connectivity index (χ0v) is 10.4. The molecule has 2 heterocycles. The third-order valence-corrected chi connectivity index (χ3v) is 3.27. The van der Waals surface area contributed by atoms with Gasteiger partial charge in [0.2, 0.25) is 0 Å². The van der Waals surface area contributed by atoms with Crippen LogP contribution in [0.5, 0.6) is 0 Å². The minimum absolute atomic E-state index is 0.867. The van der Waals surface area contributed by atoms with Crippen LogP contribution in [0.4, 0.5) is 5.13 Å². The summed E-state index contributed by atoms with van der Waals surface area (Å²) in [6, 6.07) is 0. The van der Waals surface area contributed by atoms with Crippen molar-refractivity contribution in [2.75, 3.05) is 11.9 Å². The van der Waals surface area contributed by atoms with Crippen molar-refractivity contribution in [3.63, 3.8) is 0 Å². The van der Waals surface area contributed by atoms with Crippen molar-refractivity contribution in [1.29, 1.82) is 0 Å². The molecule has 0 saturated heterocycles. The van der Waals surface area contributed by atoms with Crippen molar-refractivity contribution in [3.8, 4) is 0 Å². The summed E-state index contributed by atoms with van der Waals surface area (Å²) >= 11 is 1.70. The third kappa shape index (κ3) is 2.41. The molecule has 4 nitrogen and oxygen atoms in total. The summed E-state index contributed by atoms with van der Waals surface area (Å²) in [6.07, 6.45) is 6.77. The first-order chi connectivity index (χ1) is 7.83. The Kier molecular flexibility index (Phi) is 3.56. The second kappa shape index (κ2) is 5.12. The van der Waals surface area contributed by atoms with Crippen molar-refractivity contribution in [3.05, 3.63) is 29.3 Å². The number of anilines is 1. The van der Waals surface area contributed by atoms with Crippen LogP contribution in [0.2, 0.25) is 0 Å². The van der Waals surface area contributed by atoms with E-state index in [1.165, 1.54) is 4.88 Å². The van der Waals surface area contributed by atoms with Crippen LogP contribution in [-0.4, -0.2) is 21.1 Å². The maximum Gasteiger partial charge on any atom is 0.182 e. The Hall–Kier alpha value is -1.36. The van der Waals surface area contributed by atoms with Gasteiger partial charge in [-0.25, -0.2) is 9.97 Å². The third-order valence-electron chi connectivity index (χ3n) is 2.33. The molecule has 2 aromatic rings. The van der Waals surface area contributed by atoms with Crippen molar-refractivity contribution in [1.82, 2.24) is 14.5 Å². The zero-order chi connectivity index (χ0) is 11.4. The van der Waals surface area contributed by atoms with E-state index in [1.807, 2.05) is 18.6 Å². The molecule has 1 N–H and O–H groups in total. The van der Waals surface area contributed by atoms with Gasteiger partial charge in [-0.1, -0.05) is 6.92 Å². The Morgan fingerprint density at radius 3 is 3.00 bits per heavy atom. The first-order valence-corrected chi connectivity index (χ1v) is 6.33. The Balaban J connectivity index is 2.08. The summed E-state index contributed by atoms with van der Waals surface area (Å²) in [5.41, 5.74) is 0. The molecular formula is C11H16N4S. The standard InChI is InChI=1S/C11H16N4S/c1-3-10-13-5-6-15(10)8-9-7-14-11(16-9)12-4-2/h5-7H,3-4,8H2,1-2H3,(H,12,14). The Labute approximate surface area is 99.4 Å². The Morgan fingerprint density at radius 2 is 2.25 bits per heavy atom. The van der Waals surface area contributed by atoms with E-state index in [0.717, 1.165) is 30.5 Å². The molecule has 0 radical (unpaired) electrons. The first-order valence-electron chi connectivity index (χ1n) is 5.52. The monoisotopic (exact) mass is 236 g/mol. The van der Waals surface area contributed by atoms with Gasteiger partial charge in [0.25, 0.3) is 0 Å². The summed E-state index contributed by atoms with van der Waals surface area (Å²) in [5.74, 6) is 1.12. The number of aryl methyl sites for hydroxylation is 1. The van der Waals surface area contributed by atoms with Gasteiger partial charge >= 0.3 is 0 Å². The van der Waals surface area contributed by atoms with Crippen molar-refractivity contribution in [2.45, 2.75) is 26.8 Å². The predicted molar refractivity (Wildman–Crippen MR) is 67.0 cm³/mol. The molecule has 0 spiro atoms. The van der Waals surface area contributed by atoms with Gasteiger partial charge < -0.3 is 9.88 Å². The summed E-state index contributed by atoms with van der Waals surface area (Å²) in [4.78, 5) is 9.87. The fourth-order valence-electron chi connectivity index (χ4n) is 1.58. The highest BCUT2D eigenvalue weighted by Crippen LogP contribution is 2.19. The molecule has 0 saturated carbocycles. The highest BCUT2D eigenvalue weighted by atomic mass is 32.1. The number of thiazole rings is 1. The van der Waals surface area contributed by atoms with E-state index in [9.17, 15) is 0 Å². The van der Waals surface area contributed by atoms with Crippen LogP contribution in [0.15, 0.2) is 18.6 Å². The molecule has 16 heavy (non-hydrogen) atoms. The lowest BCUT2D eigenvalue weighted by atomic mass is 10.4. The lowest BCUT2D eigenvalue weighted by molar-refractivity contribution is 0.739. The topological polar surface area (TPSA) is 42.7 Å². The normalized spacial score (nSPS) is 10.6. The number of hydrogen-bond donors (Lipinski definition) is 1. The largest absolute Gasteiger partial charge is 0.362 e. The molecule has 2 aromatic heterocycles. The second-order valence-corrected chi connectivity index (χ2v) is 4.60. The molecular weight excluding hydrogens is 220 g/mol. The highest BCUT2D eigenvalue weighted by molar-refractivity contribution is 7.15. The Morgan fingerprint density at radius 1 is 1.38 bits per heavy atom. The average Bonchev–Trinajstić information content (AvgIpc) is 2.89. The van der Waals surface area contributed by atoms with Crippen molar-refractivity contribution in [2.24, 2.45) is 0 Å². The van der Waals surface area contributed by atoms with E-state index in [4.69, 9.17) is 0 Å². The molecule has 0 unspecified atom stereocenters. The van der Waals surface area contributed by atoms with Crippen LogP contribution in [0.25, 0.3) is 0 Å². The number of hydrogen-bond acceptors (Lipinski definition) is 4. The SMILES string of the molecule is CCNc1ncc(Cn2ccnc2CC)s1. The van der Waals surface area contributed by atoms with Crippen LogP contribution in [-0.2, 0) is 13.0 Å². The molecule has 0 aromatic carbocycles. The minimum Gasteiger partial charge on any atom is -0.362 e. The van der Waals surface area contributed by atoms with E-state index in [2.05, 4.69) is 33.7 Å². The van der Waals surface area contributed by atoms with Gasteiger partial charge in [-0.05, 0) is 6.92 Å². The maximum absolute atomic E-state index is 4.32. The van der Waals surface area contributed by atoms with Crippen LogP contribution in [0, 0.1) is 0 Å². The summed E-state index contributed by atoms with van der Waals surface area (Å²) in [6.45, 7) is 5.98. The first kappa shape index (κ1) is 11.1. The van der Waals surface area contributed by atoms with Crippen molar-refractivity contribution < 1.29 is 0 Å². The molecule has 0 aliphatic carbocycles. The molecule has 0 aliphatic heterocycles. The second-order valence-electron chi connectivity index (χ2n) is 3.49. The molecule has 0 aliphatic rings. The molecule has 0 fully saturated rings. The number of imidazole rings is 1. The quantitative estimate of drug-likeness (QED) is 0.866.